The Morgan fingerprint density at radius 2 is 2.06 bits per heavy atom. The number of allylic oxidation sites excluding steroid dienone is 3. The summed E-state index contributed by atoms with van der Waals surface area (Å²) in [5.74, 6) is 1.00. The van der Waals surface area contributed by atoms with Crippen LogP contribution in [0.2, 0.25) is 0 Å². The van der Waals surface area contributed by atoms with Crippen LogP contribution in [0.4, 0.5) is 0 Å². The van der Waals surface area contributed by atoms with Crippen LogP contribution < -0.4 is 0 Å². The largest absolute Gasteiger partial charge is 0.393 e. The summed E-state index contributed by atoms with van der Waals surface area (Å²) in [6, 6.07) is 6.56. The topological polar surface area (TPSA) is 69.1 Å². The molecule has 4 aliphatic rings. The molecule has 1 aromatic heterocycles. The molecule has 31 heavy (non-hydrogen) atoms. The van der Waals surface area contributed by atoms with Gasteiger partial charge in [-0.3, -0.25) is 5.10 Å². The Morgan fingerprint density at radius 3 is 2.94 bits per heavy atom. The van der Waals surface area contributed by atoms with Crippen molar-refractivity contribution >= 4 is 16.5 Å². The maximum absolute atomic E-state index is 12.2. The van der Waals surface area contributed by atoms with Crippen LogP contribution >= 0.6 is 0 Å². The summed E-state index contributed by atoms with van der Waals surface area (Å²) in [7, 11) is 0. The van der Waals surface area contributed by atoms with Crippen molar-refractivity contribution in [2.45, 2.75) is 64.1 Å². The molecule has 0 amide bonds. The number of aliphatic hydroxyl groups excluding tert-OH is 1. The van der Waals surface area contributed by atoms with E-state index in [-0.39, 0.29) is 17.4 Å². The van der Waals surface area contributed by atoms with Crippen molar-refractivity contribution in [1.29, 1.82) is 0 Å². The SMILES string of the molecule is CC1C=C2C=C3CC(O)CCC3CC[C@]2(O)C2CC=C(c3ccc4cn[nH]c4c3)C12C. The molecule has 1 heterocycles. The van der Waals surface area contributed by atoms with Gasteiger partial charge < -0.3 is 10.2 Å². The first-order chi connectivity index (χ1) is 14.9. The number of nitrogens with zero attached hydrogens (tertiary/aromatic N) is 1. The summed E-state index contributed by atoms with van der Waals surface area (Å²) in [5.41, 5.74) is 5.20. The van der Waals surface area contributed by atoms with E-state index in [9.17, 15) is 10.2 Å². The number of rotatable bonds is 1. The van der Waals surface area contributed by atoms with Crippen LogP contribution in [-0.2, 0) is 0 Å². The second-order valence-electron chi connectivity index (χ2n) is 10.6. The number of aliphatic hydroxyl groups is 2. The highest BCUT2D eigenvalue weighted by atomic mass is 16.3. The van der Waals surface area contributed by atoms with E-state index in [0.717, 1.165) is 55.0 Å². The van der Waals surface area contributed by atoms with Gasteiger partial charge in [-0.15, -0.1) is 0 Å². The van der Waals surface area contributed by atoms with Crippen molar-refractivity contribution in [2.75, 3.05) is 0 Å². The normalized spacial score (nSPS) is 39.7. The third kappa shape index (κ3) is 2.71. The highest BCUT2D eigenvalue weighted by Gasteiger charge is 2.58. The lowest BCUT2D eigenvalue weighted by molar-refractivity contribution is -0.0455. The van der Waals surface area contributed by atoms with E-state index >= 15 is 0 Å². The van der Waals surface area contributed by atoms with E-state index < -0.39 is 5.60 Å². The Bertz CT molecular complexity index is 1140. The molecule has 6 atom stereocenters. The van der Waals surface area contributed by atoms with Gasteiger partial charge >= 0.3 is 0 Å². The van der Waals surface area contributed by atoms with Crippen molar-refractivity contribution in [3.63, 3.8) is 0 Å². The van der Waals surface area contributed by atoms with Crippen LogP contribution in [0.3, 0.4) is 0 Å². The average Bonchev–Trinajstić information content (AvgIpc) is 3.33. The lowest BCUT2D eigenvalue weighted by atomic mass is 9.54. The molecule has 162 valence electrons. The monoisotopic (exact) mass is 416 g/mol. The minimum absolute atomic E-state index is 0.112. The molecule has 0 bridgehead atoms. The van der Waals surface area contributed by atoms with E-state index in [0.29, 0.717) is 11.8 Å². The van der Waals surface area contributed by atoms with Crippen LogP contribution in [0, 0.1) is 23.2 Å². The molecule has 2 aromatic rings. The number of fused-ring (bicyclic) bond motifs is 5. The molecule has 0 radical (unpaired) electrons. The summed E-state index contributed by atoms with van der Waals surface area (Å²) < 4.78 is 0. The summed E-state index contributed by atoms with van der Waals surface area (Å²) in [5, 5.41) is 30.9. The third-order valence-electron chi connectivity index (χ3n) is 9.13. The molecular weight excluding hydrogens is 384 g/mol. The van der Waals surface area contributed by atoms with Gasteiger partial charge in [0.05, 0.1) is 23.4 Å². The molecular formula is C27H32N2O2. The van der Waals surface area contributed by atoms with Gasteiger partial charge in [-0.25, -0.2) is 0 Å². The standard InChI is InChI=1S/C27H32N2O2/c1-16-11-21-12-20-13-22(30)6-5-17(20)9-10-27(21,31)25-8-7-23(26(16,25)2)18-3-4-19-15-28-29-24(19)14-18/h3-4,7,11-12,14-17,22,25,30-31H,5-6,8-10,13H2,1-2H3,(H,28,29)/t16?,17?,22?,25?,26?,27-/m1/s1. The lowest BCUT2D eigenvalue weighted by Gasteiger charge is -2.51. The molecule has 4 aliphatic carbocycles. The second kappa shape index (κ2) is 6.66. The molecule has 1 fully saturated rings. The maximum atomic E-state index is 12.2. The molecule has 0 aliphatic heterocycles. The Labute approximate surface area is 183 Å². The zero-order valence-electron chi connectivity index (χ0n) is 18.4. The first-order valence-electron chi connectivity index (χ1n) is 11.9. The van der Waals surface area contributed by atoms with E-state index in [2.05, 4.69) is 60.5 Å². The summed E-state index contributed by atoms with van der Waals surface area (Å²) in [6.07, 6.45) is 14.1. The van der Waals surface area contributed by atoms with Crippen molar-refractivity contribution in [3.8, 4) is 0 Å². The van der Waals surface area contributed by atoms with E-state index in [1.807, 2.05) is 6.20 Å². The van der Waals surface area contributed by atoms with Crippen molar-refractivity contribution in [2.24, 2.45) is 23.2 Å². The first-order valence-corrected chi connectivity index (χ1v) is 11.9. The van der Waals surface area contributed by atoms with E-state index in [4.69, 9.17) is 0 Å². The highest BCUT2D eigenvalue weighted by Crippen LogP contribution is 2.63. The van der Waals surface area contributed by atoms with Crippen molar-refractivity contribution in [1.82, 2.24) is 10.2 Å². The summed E-state index contributed by atoms with van der Waals surface area (Å²) >= 11 is 0. The van der Waals surface area contributed by atoms with Gasteiger partial charge in [-0.1, -0.05) is 49.8 Å². The zero-order chi connectivity index (χ0) is 21.4. The molecule has 6 rings (SSSR count). The van der Waals surface area contributed by atoms with Crippen LogP contribution in [0.1, 0.15) is 57.9 Å². The number of hydrogen-bond acceptors (Lipinski definition) is 3. The molecule has 0 spiro atoms. The fourth-order valence-corrected chi connectivity index (χ4v) is 7.18. The van der Waals surface area contributed by atoms with Crippen LogP contribution in [0.5, 0.6) is 0 Å². The quantitative estimate of drug-likeness (QED) is 0.601. The van der Waals surface area contributed by atoms with Gasteiger partial charge in [0, 0.05) is 16.7 Å². The van der Waals surface area contributed by atoms with Crippen molar-refractivity contribution < 1.29 is 10.2 Å². The van der Waals surface area contributed by atoms with Gasteiger partial charge in [0.2, 0.25) is 0 Å². The Hall–Kier alpha value is -2.17. The highest BCUT2D eigenvalue weighted by molar-refractivity contribution is 5.85. The van der Waals surface area contributed by atoms with Crippen LogP contribution in [0.25, 0.3) is 16.5 Å². The Balaban J connectivity index is 1.42. The lowest BCUT2D eigenvalue weighted by Crippen LogP contribution is -2.51. The number of aromatic amines is 1. The average molecular weight is 417 g/mol. The first kappa shape index (κ1) is 19.5. The van der Waals surface area contributed by atoms with Gasteiger partial charge in [0.25, 0.3) is 0 Å². The number of H-pyrrole nitrogens is 1. The molecule has 4 heteroatoms. The third-order valence-corrected chi connectivity index (χ3v) is 9.13. The van der Waals surface area contributed by atoms with Gasteiger partial charge in [-0.05, 0) is 73.1 Å². The minimum Gasteiger partial charge on any atom is -0.393 e. The van der Waals surface area contributed by atoms with Gasteiger partial charge in [0.15, 0.2) is 0 Å². The van der Waals surface area contributed by atoms with E-state index in [1.54, 1.807) is 0 Å². The predicted octanol–water partition coefficient (Wildman–Crippen LogP) is 5.16. The molecule has 1 aromatic carbocycles. The number of hydrogen-bond donors (Lipinski definition) is 3. The number of benzene rings is 1. The second-order valence-corrected chi connectivity index (χ2v) is 10.6. The smallest absolute Gasteiger partial charge is 0.0933 e. The number of nitrogens with one attached hydrogen (secondary N) is 1. The van der Waals surface area contributed by atoms with Gasteiger partial charge in [0.1, 0.15) is 0 Å². The summed E-state index contributed by atoms with van der Waals surface area (Å²) in [6.45, 7) is 4.67. The fraction of sp³-hybridized carbons (Fsp3) is 0.519. The zero-order valence-corrected chi connectivity index (χ0v) is 18.4. The van der Waals surface area contributed by atoms with Crippen LogP contribution in [0.15, 0.2) is 53.8 Å². The minimum atomic E-state index is -0.799. The van der Waals surface area contributed by atoms with Crippen molar-refractivity contribution in [3.05, 3.63) is 59.3 Å². The molecule has 0 saturated heterocycles. The van der Waals surface area contributed by atoms with Gasteiger partial charge in [-0.2, -0.15) is 5.10 Å². The Kier molecular flexibility index (Phi) is 4.19. The van der Waals surface area contributed by atoms with Crippen LogP contribution in [-0.4, -0.2) is 32.1 Å². The number of aromatic nitrogens is 2. The molecule has 3 N–H and O–H groups in total. The summed E-state index contributed by atoms with van der Waals surface area (Å²) in [4.78, 5) is 0. The Morgan fingerprint density at radius 1 is 1.19 bits per heavy atom. The molecule has 4 nitrogen and oxygen atoms in total. The van der Waals surface area contributed by atoms with E-state index in [1.165, 1.54) is 16.7 Å². The fourth-order valence-electron chi connectivity index (χ4n) is 7.18. The maximum Gasteiger partial charge on any atom is 0.0933 e. The predicted molar refractivity (Wildman–Crippen MR) is 123 cm³/mol. The molecule has 5 unspecified atom stereocenters. The molecule has 1 saturated carbocycles.